The predicted octanol–water partition coefficient (Wildman–Crippen LogP) is 4.83. The molecule has 0 aliphatic carbocycles. The van der Waals surface area contributed by atoms with Crippen molar-refractivity contribution in [3.8, 4) is 5.75 Å². The maximum atomic E-state index is 12.6. The molecule has 1 aromatic heterocycles. The summed E-state index contributed by atoms with van der Waals surface area (Å²) in [6, 6.07) is 17.9. The van der Waals surface area contributed by atoms with E-state index in [0.29, 0.717) is 22.8 Å². The van der Waals surface area contributed by atoms with Gasteiger partial charge in [-0.15, -0.1) is 0 Å². The molecule has 0 spiro atoms. The van der Waals surface area contributed by atoms with Crippen LogP contribution in [0.4, 0.5) is 11.5 Å². The molecule has 0 aliphatic heterocycles. The Morgan fingerprint density at radius 1 is 1.00 bits per heavy atom. The van der Waals surface area contributed by atoms with E-state index in [4.69, 9.17) is 9.47 Å². The van der Waals surface area contributed by atoms with E-state index in [1.165, 1.54) is 5.56 Å². The Balaban J connectivity index is 1.68. The van der Waals surface area contributed by atoms with Crippen molar-refractivity contribution in [1.29, 1.82) is 0 Å². The van der Waals surface area contributed by atoms with Gasteiger partial charge in [0.25, 0.3) is 0 Å². The minimum atomic E-state index is -0.628. The second kappa shape index (κ2) is 10.2. The van der Waals surface area contributed by atoms with Crippen molar-refractivity contribution in [3.63, 3.8) is 0 Å². The zero-order valence-electron chi connectivity index (χ0n) is 17.1. The third-order valence-corrected chi connectivity index (χ3v) is 4.54. The summed E-state index contributed by atoms with van der Waals surface area (Å²) in [4.78, 5) is 29.2. The van der Waals surface area contributed by atoms with Crippen molar-refractivity contribution in [3.05, 3.63) is 83.6 Å². The second-order valence-corrected chi connectivity index (χ2v) is 6.67. The van der Waals surface area contributed by atoms with Gasteiger partial charge in [-0.3, -0.25) is 4.79 Å². The lowest BCUT2D eigenvalue weighted by atomic mass is 10.1. The highest BCUT2D eigenvalue weighted by atomic mass is 16.5. The topological polar surface area (TPSA) is 77.5 Å². The normalized spacial score (nSPS) is 10.3. The Labute approximate surface area is 175 Å². The molecule has 0 radical (unpaired) electrons. The van der Waals surface area contributed by atoms with Gasteiger partial charge in [0.05, 0.1) is 12.8 Å². The summed E-state index contributed by atoms with van der Waals surface area (Å²) in [5.74, 6) is 0.0542. The number of ketones is 1. The third-order valence-electron chi connectivity index (χ3n) is 4.54. The Morgan fingerprint density at radius 2 is 1.77 bits per heavy atom. The highest BCUT2D eigenvalue weighted by Gasteiger charge is 2.17. The molecule has 1 heterocycles. The number of carbonyl (C=O) groups excluding carboxylic acids is 2. The molecule has 30 heavy (non-hydrogen) atoms. The van der Waals surface area contributed by atoms with Gasteiger partial charge < -0.3 is 14.8 Å². The van der Waals surface area contributed by atoms with E-state index >= 15 is 0 Å². The molecular weight excluding hydrogens is 380 g/mol. The number of benzene rings is 2. The molecular formula is C24H24N2O4. The Kier molecular flexibility index (Phi) is 7.16. The van der Waals surface area contributed by atoms with Gasteiger partial charge in [0.2, 0.25) is 0 Å². The quantitative estimate of drug-likeness (QED) is 0.407. The zero-order valence-corrected chi connectivity index (χ0v) is 17.1. The fourth-order valence-corrected chi connectivity index (χ4v) is 2.98. The van der Waals surface area contributed by atoms with Crippen molar-refractivity contribution in [2.45, 2.75) is 19.8 Å². The SMILES string of the molecule is CCCc1ccc(C(=O)COC(=O)c2cccnc2Nc2ccccc2OC)cc1. The van der Waals surface area contributed by atoms with E-state index < -0.39 is 5.97 Å². The number of Topliss-reactive ketones (excluding diaryl/α,β-unsaturated/α-hetero) is 1. The number of aromatic nitrogens is 1. The summed E-state index contributed by atoms with van der Waals surface area (Å²) in [6.45, 7) is 1.77. The maximum absolute atomic E-state index is 12.6. The first-order chi connectivity index (χ1) is 14.6. The molecule has 0 saturated heterocycles. The lowest BCUT2D eigenvalue weighted by Crippen LogP contribution is -2.16. The van der Waals surface area contributed by atoms with Crippen LogP contribution in [0.25, 0.3) is 0 Å². The van der Waals surface area contributed by atoms with Gasteiger partial charge in [-0.1, -0.05) is 49.7 Å². The fraction of sp³-hybridized carbons (Fsp3) is 0.208. The lowest BCUT2D eigenvalue weighted by Gasteiger charge is -2.13. The third kappa shape index (κ3) is 5.23. The lowest BCUT2D eigenvalue weighted by molar-refractivity contribution is 0.0475. The summed E-state index contributed by atoms with van der Waals surface area (Å²) >= 11 is 0. The van der Waals surface area contributed by atoms with Crippen molar-refractivity contribution in [1.82, 2.24) is 4.98 Å². The molecule has 6 heteroatoms. The Morgan fingerprint density at radius 3 is 2.50 bits per heavy atom. The number of para-hydroxylation sites is 2. The van der Waals surface area contributed by atoms with Gasteiger partial charge in [-0.2, -0.15) is 0 Å². The van der Waals surface area contributed by atoms with Gasteiger partial charge in [0, 0.05) is 11.8 Å². The number of rotatable bonds is 9. The van der Waals surface area contributed by atoms with Crippen LogP contribution < -0.4 is 10.1 Å². The molecule has 2 aromatic carbocycles. The molecule has 0 aliphatic rings. The fourth-order valence-electron chi connectivity index (χ4n) is 2.98. The summed E-state index contributed by atoms with van der Waals surface area (Å²) in [5.41, 5.74) is 2.58. The predicted molar refractivity (Wildman–Crippen MR) is 116 cm³/mol. The van der Waals surface area contributed by atoms with Crippen LogP contribution in [0.1, 0.15) is 39.6 Å². The average Bonchev–Trinajstić information content (AvgIpc) is 2.78. The largest absolute Gasteiger partial charge is 0.495 e. The van der Waals surface area contributed by atoms with Crippen LogP contribution in [0.2, 0.25) is 0 Å². The van der Waals surface area contributed by atoms with Crippen LogP contribution in [-0.2, 0) is 11.2 Å². The molecule has 1 N–H and O–H groups in total. The molecule has 3 aromatic rings. The molecule has 0 atom stereocenters. The molecule has 0 saturated carbocycles. The molecule has 0 fully saturated rings. The van der Waals surface area contributed by atoms with E-state index in [-0.39, 0.29) is 18.0 Å². The van der Waals surface area contributed by atoms with Crippen LogP contribution in [0.3, 0.4) is 0 Å². The zero-order chi connectivity index (χ0) is 21.3. The van der Waals surface area contributed by atoms with E-state index in [2.05, 4.69) is 17.2 Å². The molecule has 0 amide bonds. The molecule has 6 nitrogen and oxygen atoms in total. The van der Waals surface area contributed by atoms with Crippen molar-refractivity contribution in [2.75, 3.05) is 19.0 Å². The first kappa shape index (κ1) is 21.0. The van der Waals surface area contributed by atoms with E-state index in [0.717, 1.165) is 12.8 Å². The second-order valence-electron chi connectivity index (χ2n) is 6.67. The molecule has 3 rings (SSSR count). The van der Waals surface area contributed by atoms with Crippen molar-refractivity contribution in [2.24, 2.45) is 0 Å². The van der Waals surface area contributed by atoms with Crippen molar-refractivity contribution < 1.29 is 19.1 Å². The molecule has 154 valence electrons. The molecule has 0 unspecified atom stereocenters. The smallest absolute Gasteiger partial charge is 0.342 e. The standard InChI is InChI=1S/C24H24N2O4/c1-3-7-17-11-13-18(14-12-17)21(27)16-30-24(28)19-8-6-15-25-23(19)26-20-9-4-5-10-22(20)29-2/h4-6,8-15H,3,7,16H2,1-2H3,(H,25,26). The summed E-state index contributed by atoms with van der Waals surface area (Å²) in [7, 11) is 1.56. The number of aryl methyl sites for hydroxylation is 1. The van der Waals surface area contributed by atoms with Gasteiger partial charge in [0.1, 0.15) is 17.1 Å². The van der Waals surface area contributed by atoms with Gasteiger partial charge in [-0.05, 0) is 36.2 Å². The number of hydrogen-bond acceptors (Lipinski definition) is 6. The van der Waals surface area contributed by atoms with Crippen LogP contribution in [0, 0.1) is 0 Å². The van der Waals surface area contributed by atoms with Gasteiger partial charge in [-0.25, -0.2) is 9.78 Å². The van der Waals surface area contributed by atoms with E-state index in [1.54, 1.807) is 43.6 Å². The number of hydrogen-bond donors (Lipinski definition) is 1. The highest BCUT2D eigenvalue weighted by molar-refractivity contribution is 6.00. The van der Waals surface area contributed by atoms with E-state index in [1.807, 2.05) is 30.3 Å². The minimum absolute atomic E-state index is 0.231. The Bertz CT molecular complexity index is 1020. The molecule has 0 bridgehead atoms. The monoisotopic (exact) mass is 404 g/mol. The minimum Gasteiger partial charge on any atom is -0.495 e. The number of methoxy groups -OCH3 is 1. The van der Waals surface area contributed by atoms with Gasteiger partial charge in [0.15, 0.2) is 12.4 Å². The summed E-state index contributed by atoms with van der Waals surface area (Å²) in [6.07, 6.45) is 3.57. The van der Waals surface area contributed by atoms with Gasteiger partial charge >= 0.3 is 5.97 Å². The van der Waals surface area contributed by atoms with E-state index in [9.17, 15) is 9.59 Å². The Hall–Kier alpha value is -3.67. The van der Waals surface area contributed by atoms with Crippen LogP contribution in [0.15, 0.2) is 66.9 Å². The average molecular weight is 404 g/mol. The number of ether oxygens (including phenoxy) is 2. The van der Waals surface area contributed by atoms with Crippen LogP contribution in [-0.4, -0.2) is 30.5 Å². The number of pyridine rings is 1. The van der Waals surface area contributed by atoms with Crippen LogP contribution >= 0.6 is 0 Å². The first-order valence-corrected chi connectivity index (χ1v) is 9.76. The number of nitrogens with zero attached hydrogens (tertiary/aromatic N) is 1. The first-order valence-electron chi connectivity index (χ1n) is 9.76. The number of anilines is 2. The van der Waals surface area contributed by atoms with Crippen LogP contribution in [0.5, 0.6) is 5.75 Å². The number of nitrogens with one attached hydrogen (secondary N) is 1. The summed E-state index contributed by atoms with van der Waals surface area (Å²) < 4.78 is 10.6. The highest BCUT2D eigenvalue weighted by Crippen LogP contribution is 2.27. The van der Waals surface area contributed by atoms with Crippen molar-refractivity contribution >= 4 is 23.3 Å². The number of carbonyl (C=O) groups is 2. The number of esters is 1. The summed E-state index contributed by atoms with van der Waals surface area (Å²) in [5, 5.41) is 3.09. The maximum Gasteiger partial charge on any atom is 0.342 e.